The van der Waals surface area contributed by atoms with Crippen molar-refractivity contribution in [3.05, 3.63) is 65.2 Å². The minimum absolute atomic E-state index is 0.0345. The molecule has 0 radical (unpaired) electrons. The molecular weight excluding hydrogens is 366 g/mol. The predicted octanol–water partition coefficient (Wildman–Crippen LogP) is 2.45. The molecule has 0 aliphatic carbocycles. The van der Waals surface area contributed by atoms with Crippen molar-refractivity contribution in [1.82, 2.24) is 15.1 Å². The maximum atomic E-state index is 12.6. The first-order valence-corrected chi connectivity index (χ1v) is 10.1. The average Bonchev–Trinajstić information content (AvgIpc) is 2.79. The van der Waals surface area contributed by atoms with Crippen LogP contribution in [0.25, 0.3) is 0 Å². The lowest BCUT2D eigenvalue weighted by molar-refractivity contribution is 0.0643. The second-order valence-electron chi connectivity index (χ2n) is 7.16. The van der Waals surface area contributed by atoms with Crippen LogP contribution in [0.2, 0.25) is 0 Å². The third-order valence-electron chi connectivity index (χ3n) is 5.36. The molecule has 29 heavy (non-hydrogen) atoms. The van der Waals surface area contributed by atoms with Gasteiger partial charge in [0, 0.05) is 43.9 Å². The van der Waals surface area contributed by atoms with Gasteiger partial charge in [0.2, 0.25) is 0 Å². The SMILES string of the molecule is CCN1CCN(C(=O)c2ccc(C(=O)NCCc3ccc(OC)cc3)cc2)CC1. The van der Waals surface area contributed by atoms with Crippen LogP contribution in [0, 0.1) is 0 Å². The molecule has 0 atom stereocenters. The van der Waals surface area contributed by atoms with Gasteiger partial charge in [0.1, 0.15) is 5.75 Å². The van der Waals surface area contributed by atoms with Crippen molar-refractivity contribution in [1.29, 1.82) is 0 Å². The molecule has 1 fully saturated rings. The fourth-order valence-electron chi connectivity index (χ4n) is 3.43. The first kappa shape index (κ1) is 20.9. The van der Waals surface area contributed by atoms with Gasteiger partial charge in [-0.2, -0.15) is 0 Å². The smallest absolute Gasteiger partial charge is 0.253 e. The van der Waals surface area contributed by atoms with Gasteiger partial charge in [0.25, 0.3) is 11.8 Å². The lowest BCUT2D eigenvalue weighted by Gasteiger charge is -2.34. The van der Waals surface area contributed by atoms with Crippen molar-refractivity contribution >= 4 is 11.8 Å². The summed E-state index contributed by atoms with van der Waals surface area (Å²) in [6.07, 6.45) is 0.746. The lowest BCUT2D eigenvalue weighted by atomic mass is 10.1. The summed E-state index contributed by atoms with van der Waals surface area (Å²) in [4.78, 5) is 29.2. The third kappa shape index (κ3) is 5.57. The Bertz CT molecular complexity index is 810. The molecule has 3 rings (SSSR count). The van der Waals surface area contributed by atoms with E-state index in [9.17, 15) is 9.59 Å². The van der Waals surface area contributed by atoms with Gasteiger partial charge in [-0.25, -0.2) is 0 Å². The van der Waals surface area contributed by atoms with Crippen molar-refractivity contribution in [3.8, 4) is 5.75 Å². The number of benzene rings is 2. The zero-order valence-corrected chi connectivity index (χ0v) is 17.2. The van der Waals surface area contributed by atoms with E-state index in [2.05, 4.69) is 17.1 Å². The number of nitrogens with zero attached hydrogens (tertiary/aromatic N) is 2. The number of hydrogen-bond acceptors (Lipinski definition) is 4. The molecule has 0 spiro atoms. The molecule has 1 saturated heterocycles. The Morgan fingerprint density at radius 1 is 0.931 bits per heavy atom. The summed E-state index contributed by atoms with van der Waals surface area (Å²) in [6, 6.07) is 14.7. The van der Waals surface area contributed by atoms with E-state index in [0.717, 1.165) is 50.5 Å². The molecule has 6 nitrogen and oxygen atoms in total. The summed E-state index contributed by atoms with van der Waals surface area (Å²) >= 11 is 0. The molecule has 0 aromatic heterocycles. The average molecular weight is 396 g/mol. The van der Waals surface area contributed by atoms with Crippen LogP contribution in [0.1, 0.15) is 33.2 Å². The Morgan fingerprint density at radius 3 is 2.14 bits per heavy atom. The van der Waals surface area contributed by atoms with Gasteiger partial charge in [0.05, 0.1) is 7.11 Å². The third-order valence-corrected chi connectivity index (χ3v) is 5.36. The van der Waals surface area contributed by atoms with Crippen LogP contribution in [0.3, 0.4) is 0 Å². The van der Waals surface area contributed by atoms with Gasteiger partial charge in [-0.05, 0) is 54.9 Å². The van der Waals surface area contributed by atoms with Crippen LogP contribution < -0.4 is 10.1 Å². The maximum absolute atomic E-state index is 12.6. The summed E-state index contributed by atoms with van der Waals surface area (Å²) in [5, 5.41) is 2.93. The number of likely N-dealkylation sites (N-methyl/N-ethyl adjacent to an activating group) is 1. The largest absolute Gasteiger partial charge is 0.497 e. The highest BCUT2D eigenvalue weighted by molar-refractivity contribution is 5.97. The number of carbonyl (C=O) groups is 2. The molecule has 2 aromatic carbocycles. The summed E-state index contributed by atoms with van der Waals surface area (Å²) in [5.41, 5.74) is 2.33. The summed E-state index contributed by atoms with van der Waals surface area (Å²) in [7, 11) is 1.64. The van der Waals surface area contributed by atoms with E-state index >= 15 is 0 Å². The van der Waals surface area contributed by atoms with E-state index in [0.29, 0.717) is 17.7 Å². The normalized spacial score (nSPS) is 14.5. The lowest BCUT2D eigenvalue weighted by Crippen LogP contribution is -2.48. The Hall–Kier alpha value is -2.86. The fraction of sp³-hybridized carbons (Fsp3) is 0.391. The second-order valence-corrected chi connectivity index (χ2v) is 7.16. The fourth-order valence-corrected chi connectivity index (χ4v) is 3.43. The van der Waals surface area contributed by atoms with Crippen LogP contribution in [-0.2, 0) is 6.42 Å². The molecule has 154 valence electrons. The summed E-state index contributed by atoms with van der Waals surface area (Å²) in [6.45, 7) is 7.03. The number of methoxy groups -OCH3 is 1. The first-order valence-electron chi connectivity index (χ1n) is 10.1. The van der Waals surface area contributed by atoms with E-state index in [4.69, 9.17) is 4.74 Å². The van der Waals surface area contributed by atoms with E-state index in [1.54, 1.807) is 31.4 Å². The minimum atomic E-state index is -0.130. The van der Waals surface area contributed by atoms with Crippen molar-refractivity contribution < 1.29 is 14.3 Å². The van der Waals surface area contributed by atoms with Gasteiger partial charge in [0.15, 0.2) is 0 Å². The molecule has 1 aliphatic heterocycles. The summed E-state index contributed by atoms with van der Waals surface area (Å²) in [5.74, 6) is 0.723. The highest BCUT2D eigenvalue weighted by Gasteiger charge is 2.21. The Labute approximate surface area is 172 Å². The molecule has 1 aliphatic rings. The van der Waals surface area contributed by atoms with E-state index in [1.165, 1.54) is 0 Å². The maximum Gasteiger partial charge on any atom is 0.253 e. The molecule has 1 N–H and O–H groups in total. The van der Waals surface area contributed by atoms with Crippen LogP contribution in [0.5, 0.6) is 5.75 Å². The van der Waals surface area contributed by atoms with E-state index < -0.39 is 0 Å². The predicted molar refractivity (Wildman–Crippen MR) is 113 cm³/mol. The number of carbonyl (C=O) groups excluding carboxylic acids is 2. The molecule has 6 heteroatoms. The van der Waals surface area contributed by atoms with Crippen LogP contribution in [0.4, 0.5) is 0 Å². The molecular formula is C23H29N3O3. The quantitative estimate of drug-likeness (QED) is 0.782. The van der Waals surface area contributed by atoms with Gasteiger partial charge < -0.3 is 19.9 Å². The number of hydrogen-bond donors (Lipinski definition) is 1. The molecule has 1 heterocycles. The van der Waals surface area contributed by atoms with Gasteiger partial charge in [-0.1, -0.05) is 19.1 Å². The molecule has 0 saturated carbocycles. The van der Waals surface area contributed by atoms with Crippen molar-refractivity contribution in [2.45, 2.75) is 13.3 Å². The number of nitrogens with one attached hydrogen (secondary N) is 1. The van der Waals surface area contributed by atoms with Crippen LogP contribution in [0.15, 0.2) is 48.5 Å². The number of rotatable bonds is 7. The summed E-state index contributed by atoms with van der Waals surface area (Å²) < 4.78 is 5.15. The van der Waals surface area contributed by atoms with Gasteiger partial charge >= 0.3 is 0 Å². The zero-order chi connectivity index (χ0) is 20.6. The monoisotopic (exact) mass is 395 g/mol. The molecule has 0 bridgehead atoms. The van der Waals surface area contributed by atoms with E-state index in [-0.39, 0.29) is 11.8 Å². The Kier molecular flexibility index (Phi) is 7.25. The number of amides is 2. The standard InChI is InChI=1S/C23H29N3O3/c1-3-25-14-16-26(17-15-25)23(28)20-8-6-19(7-9-20)22(27)24-13-12-18-4-10-21(29-2)11-5-18/h4-11H,3,12-17H2,1-2H3,(H,24,27). The Balaban J connectivity index is 1.48. The van der Waals surface area contributed by atoms with Gasteiger partial charge in [-0.15, -0.1) is 0 Å². The number of ether oxygens (including phenoxy) is 1. The highest BCUT2D eigenvalue weighted by atomic mass is 16.5. The van der Waals surface area contributed by atoms with Crippen LogP contribution in [-0.4, -0.2) is 68.0 Å². The topological polar surface area (TPSA) is 61.9 Å². The Morgan fingerprint density at radius 2 is 1.55 bits per heavy atom. The van der Waals surface area contributed by atoms with Crippen LogP contribution >= 0.6 is 0 Å². The second kappa shape index (κ2) is 10.1. The van der Waals surface area contributed by atoms with Crippen molar-refractivity contribution in [2.75, 3.05) is 46.4 Å². The van der Waals surface area contributed by atoms with Crippen molar-refractivity contribution in [2.24, 2.45) is 0 Å². The van der Waals surface area contributed by atoms with E-state index in [1.807, 2.05) is 29.2 Å². The van der Waals surface area contributed by atoms with Gasteiger partial charge in [-0.3, -0.25) is 9.59 Å². The molecule has 2 aromatic rings. The zero-order valence-electron chi connectivity index (χ0n) is 17.2. The molecule has 0 unspecified atom stereocenters. The molecule has 2 amide bonds. The highest BCUT2D eigenvalue weighted by Crippen LogP contribution is 2.12. The first-order chi connectivity index (χ1) is 14.1. The minimum Gasteiger partial charge on any atom is -0.497 e. The number of piperazine rings is 1. The van der Waals surface area contributed by atoms with Crippen molar-refractivity contribution in [3.63, 3.8) is 0 Å².